The summed E-state index contributed by atoms with van der Waals surface area (Å²) in [5, 5.41) is 6.93. The Balaban J connectivity index is 2.32. The smallest absolute Gasteiger partial charge is 0.265 e. The molecule has 0 aliphatic rings. The quantitative estimate of drug-likeness (QED) is 0.820. The van der Waals surface area contributed by atoms with Crippen LogP contribution in [-0.2, 0) is 16.6 Å². The van der Waals surface area contributed by atoms with Gasteiger partial charge in [-0.3, -0.25) is 9.40 Å². The summed E-state index contributed by atoms with van der Waals surface area (Å²) >= 11 is 0. The number of halogens is 1. The lowest BCUT2D eigenvalue weighted by molar-refractivity contribution is 0.598. The van der Waals surface area contributed by atoms with Crippen molar-refractivity contribution < 1.29 is 12.8 Å². The van der Waals surface area contributed by atoms with Crippen LogP contribution in [0.3, 0.4) is 0 Å². The average molecular weight is 326 g/mol. The minimum atomic E-state index is -3.89. The van der Waals surface area contributed by atoms with Gasteiger partial charge in [-0.2, -0.15) is 5.10 Å². The van der Waals surface area contributed by atoms with E-state index in [2.05, 4.69) is 15.1 Å². The van der Waals surface area contributed by atoms with Gasteiger partial charge >= 0.3 is 0 Å². The lowest BCUT2D eigenvalue weighted by Gasteiger charge is -2.14. The normalized spacial score (nSPS) is 11.4. The molecule has 6 nitrogen and oxygen atoms in total. The van der Waals surface area contributed by atoms with E-state index in [1.54, 1.807) is 6.07 Å². The highest BCUT2D eigenvalue weighted by atomic mass is 32.2. The Morgan fingerprint density at radius 3 is 2.73 bits per heavy atom. The van der Waals surface area contributed by atoms with E-state index in [9.17, 15) is 12.8 Å². The first-order valence-electron chi connectivity index (χ1n) is 7.05. The second kappa shape index (κ2) is 6.78. The summed E-state index contributed by atoms with van der Waals surface area (Å²) in [7, 11) is -3.89. The number of anilines is 2. The van der Waals surface area contributed by atoms with Gasteiger partial charge in [0.05, 0.1) is 11.9 Å². The van der Waals surface area contributed by atoms with Gasteiger partial charge in [-0.05, 0) is 25.5 Å². The maximum atomic E-state index is 14.0. The molecule has 2 aromatic rings. The van der Waals surface area contributed by atoms with E-state index in [1.807, 2.05) is 13.8 Å². The van der Waals surface area contributed by atoms with Gasteiger partial charge in [-0.25, -0.2) is 12.8 Å². The predicted molar refractivity (Wildman–Crippen MR) is 83.9 cm³/mol. The highest BCUT2D eigenvalue weighted by Crippen LogP contribution is 2.27. The molecule has 1 aromatic heterocycles. The van der Waals surface area contributed by atoms with Crippen LogP contribution in [0.5, 0.6) is 0 Å². The first-order chi connectivity index (χ1) is 10.5. The van der Waals surface area contributed by atoms with Crippen molar-refractivity contribution in [2.24, 2.45) is 0 Å². The first-order valence-corrected chi connectivity index (χ1v) is 8.54. The minimum absolute atomic E-state index is 0.000885. The molecule has 0 radical (unpaired) electrons. The van der Waals surface area contributed by atoms with Crippen molar-refractivity contribution in [2.45, 2.75) is 31.7 Å². The highest BCUT2D eigenvalue weighted by molar-refractivity contribution is 7.92. The molecular weight excluding hydrogens is 307 g/mol. The van der Waals surface area contributed by atoms with Crippen molar-refractivity contribution in [1.82, 2.24) is 9.78 Å². The summed E-state index contributed by atoms with van der Waals surface area (Å²) in [4.78, 5) is -0.000885. The SMILES string of the molecule is CCCNc1cccc(F)c1NS(=O)(=O)c1cnn(CC)c1. The number of aryl methyl sites for hydroxylation is 1. The third-order valence-corrected chi connectivity index (χ3v) is 4.36. The number of nitrogens with one attached hydrogen (secondary N) is 2. The van der Waals surface area contributed by atoms with Crippen LogP contribution in [0.25, 0.3) is 0 Å². The molecule has 0 fully saturated rings. The average Bonchev–Trinajstić information content (AvgIpc) is 2.98. The second-order valence-electron chi connectivity index (χ2n) is 4.73. The van der Waals surface area contributed by atoms with Crippen LogP contribution in [0.1, 0.15) is 20.3 Å². The maximum absolute atomic E-state index is 14.0. The van der Waals surface area contributed by atoms with Crippen LogP contribution in [-0.4, -0.2) is 24.7 Å². The number of hydrogen-bond acceptors (Lipinski definition) is 4. The van der Waals surface area contributed by atoms with E-state index in [4.69, 9.17) is 0 Å². The summed E-state index contributed by atoms with van der Waals surface area (Å²) in [6, 6.07) is 4.37. The second-order valence-corrected chi connectivity index (χ2v) is 6.41. The molecule has 2 N–H and O–H groups in total. The number of benzene rings is 1. The molecule has 0 saturated carbocycles. The summed E-state index contributed by atoms with van der Waals surface area (Å²) in [5.74, 6) is -0.632. The van der Waals surface area contributed by atoms with Gasteiger partial charge in [0.25, 0.3) is 10.0 Å². The van der Waals surface area contributed by atoms with Crippen LogP contribution in [0.4, 0.5) is 15.8 Å². The van der Waals surface area contributed by atoms with Gasteiger partial charge in [0.2, 0.25) is 0 Å². The Kier molecular flexibility index (Phi) is 5.02. The van der Waals surface area contributed by atoms with E-state index in [1.165, 1.54) is 29.2 Å². The molecule has 0 atom stereocenters. The summed E-state index contributed by atoms with van der Waals surface area (Å²) in [5.41, 5.74) is 0.327. The van der Waals surface area contributed by atoms with Crippen LogP contribution >= 0.6 is 0 Å². The topological polar surface area (TPSA) is 76.0 Å². The summed E-state index contributed by atoms with van der Waals surface area (Å²) in [6.45, 7) is 4.99. The van der Waals surface area contributed by atoms with Gasteiger partial charge in [-0.1, -0.05) is 13.0 Å². The zero-order valence-corrected chi connectivity index (χ0v) is 13.3. The van der Waals surface area contributed by atoms with Crippen molar-refractivity contribution in [3.05, 3.63) is 36.4 Å². The third-order valence-electron chi connectivity index (χ3n) is 3.06. The maximum Gasteiger partial charge on any atom is 0.265 e. The van der Waals surface area contributed by atoms with Gasteiger partial charge in [-0.15, -0.1) is 0 Å². The minimum Gasteiger partial charge on any atom is -0.383 e. The number of nitrogens with zero attached hydrogens (tertiary/aromatic N) is 2. The van der Waals surface area contributed by atoms with Crippen molar-refractivity contribution in [3.63, 3.8) is 0 Å². The Bertz CT molecular complexity index is 743. The van der Waals surface area contributed by atoms with Gasteiger partial charge in [0.15, 0.2) is 0 Å². The number of para-hydroxylation sites is 1. The lowest BCUT2D eigenvalue weighted by atomic mass is 10.2. The molecule has 0 spiro atoms. The molecular formula is C14H19FN4O2S. The zero-order chi connectivity index (χ0) is 16.2. The fourth-order valence-corrected chi connectivity index (χ4v) is 2.92. The Labute approximate surface area is 129 Å². The molecule has 0 amide bonds. The predicted octanol–water partition coefficient (Wildman–Crippen LogP) is 2.66. The molecule has 2 rings (SSSR count). The Hall–Kier alpha value is -2.09. The van der Waals surface area contributed by atoms with Gasteiger partial charge < -0.3 is 5.32 Å². The van der Waals surface area contributed by atoms with Crippen molar-refractivity contribution in [1.29, 1.82) is 0 Å². The molecule has 0 aliphatic carbocycles. The van der Waals surface area contributed by atoms with Crippen LogP contribution < -0.4 is 10.0 Å². The standard InChI is InChI=1S/C14H19FN4O2S/c1-3-8-16-13-7-5-6-12(15)14(13)18-22(20,21)11-9-17-19(4-2)10-11/h5-7,9-10,16,18H,3-4,8H2,1-2H3. The molecule has 120 valence electrons. The monoisotopic (exact) mass is 326 g/mol. The molecule has 1 heterocycles. The zero-order valence-electron chi connectivity index (χ0n) is 12.5. The van der Waals surface area contributed by atoms with E-state index in [0.717, 1.165) is 6.42 Å². The number of aromatic nitrogens is 2. The number of hydrogen-bond donors (Lipinski definition) is 2. The van der Waals surface area contributed by atoms with Crippen molar-refractivity contribution >= 4 is 21.4 Å². The fourth-order valence-electron chi connectivity index (χ4n) is 1.88. The fraction of sp³-hybridized carbons (Fsp3) is 0.357. The Morgan fingerprint density at radius 2 is 2.09 bits per heavy atom. The van der Waals surface area contributed by atoms with Crippen LogP contribution in [0.15, 0.2) is 35.5 Å². The third kappa shape index (κ3) is 3.56. The molecule has 0 saturated heterocycles. The van der Waals surface area contributed by atoms with E-state index < -0.39 is 15.8 Å². The molecule has 0 aliphatic heterocycles. The Morgan fingerprint density at radius 1 is 1.32 bits per heavy atom. The van der Waals surface area contributed by atoms with Gasteiger partial charge in [0.1, 0.15) is 16.4 Å². The lowest BCUT2D eigenvalue weighted by Crippen LogP contribution is -2.15. The molecule has 8 heteroatoms. The van der Waals surface area contributed by atoms with Crippen LogP contribution in [0.2, 0.25) is 0 Å². The van der Waals surface area contributed by atoms with E-state index in [0.29, 0.717) is 18.8 Å². The largest absolute Gasteiger partial charge is 0.383 e. The molecule has 1 aromatic carbocycles. The summed E-state index contributed by atoms with van der Waals surface area (Å²) in [6.07, 6.45) is 3.49. The highest BCUT2D eigenvalue weighted by Gasteiger charge is 2.20. The van der Waals surface area contributed by atoms with Gasteiger partial charge in [0, 0.05) is 19.3 Å². The molecule has 0 unspecified atom stereocenters. The number of sulfonamides is 1. The summed E-state index contributed by atoms with van der Waals surface area (Å²) < 4.78 is 42.5. The molecule has 22 heavy (non-hydrogen) atoms. The van der Waals surface area contributed by atoms with E-state index >= 15 is 0 Å². The van der Waals surface area contributed by atoms with Crippen molar-refractivity contribution in [2.75, 3.05) is 16.6 Å². The van der Waals surface area contributed by atoms with Crippen molar-refractivity contribution in [3.8, 4) is 0 Å². The van der Waals surface area contributed by atoms with Crippen LogP contribution in [0, 0.1) is 5.82 Å². The first kappa shape index (κ1) is 16.3. The number of rotatable bonds is 7. The molecule has 0 bridgehead atoms. The van der Waals surface area contributed by atoms with E-state index in [-0.39, 0.29) is 10.6 Å².